The number of carbonyl (C=O) groups excluding carboxylic acids is 2. The van der Waals surface area contributed by atoms with Gasteiger partial charge in [0.1, 0.15) is 24.1 Å². The van der Waals surface area contributed by atoms with Crippen molar-refractivity contribution < 1.29 is 19.1 Å². The van der Waals surface area contributed by atoms with Gasteiger partial charge in [0.2, 0.25) is 0 Å². The van der Waals surface area contributed by atoms with Crippen LogP contribution in [0.2, 0.25) is 0 Å². The Morgan fingerprint density at radius 3 is 1.16 bits per heavy atom. The van der Waals surface area contributed by atoms with Crippen LogP contribution >= 0.6 is 0 Å². The van der Waals surface area contributed by atoms with Gasteiger partial charge in [0.25, 0.3) is 0 Å². The van der Waals surface area contributed by atoms with Gasteiger partial charge >= 0.3 is 0 Å². The van der Waals surface area contributed by atoms with Gasteiger partial charge in [-0.05, 0) is 36.1 Å². The van der Waals surface area contributed by atoms with Gasteiger partial charge < -0.3 is 9.47 Å². The number of carbonyl (C=O) groups is 2. The smallest absolute Gasteiger partial charge is 0.150 e. The molecule has 0 atom stereocenters. The lowest BCUT2D eigenvalue weighted by molar-refractivity contribution is 0.111. The van der Waals surface area contributed by atoms with Crippen molar-refractivity contribution in [3.63, 3.8) is 0 Å². The van der Waals surface area contributed by atoms with Gasteiger partial charge in [-0.25, -0.2) is 0 Å². The number of benzene rings is 3. The number of rotatable bonds is 22. The Hall–Kier alpha value is -3.92. The van der Waals surface area contributed by atoms with Crippen LogP contribution in [0.25, 0.3) is 24.3 Å². The zero-order chi connectivity index (χ0) is 31.2. The highest BCUT2D eigenvalue weighted by Crippen LogP contribution is 2.33. The molecule has 44 heavy (non-hydrogen) atoms. The summed E-state index contributed by atoms with van der Waals surface area (Å²) in [5.41, 5.74) is 5.26. The minimum atomic E-state index is 0.660. The summed E-state index contributed by atoms with van der Waals surface area (Å²) in [4.78, 5) is 22.2. The Morgan fingerprint density at radius 1 is 0.455 bits per heavy atom. The van der Waals surface area contributed by atoms with E-state index in [9.17, 15) is 9.59 Å². The summed E-state index contributed by atoms with van der Waals surface area (Å²) < 4.78 is 12.8. The van der Waals surface area contributed by atoms with E-state index in [4.69, 9.17) is 9.47 Å². The van der Waals surface area contributed by atoms with Crippen molar-refractivity contribution in [1.29, 1.82) is 0 Å². The molecule has 3 aromatic rings. The van der Waals surface area contributed by atoms with Gasteiger partial charge in [0.05, 0.1) is 13.2 Å². The van der Waals surface area contributed by atoms with Gasteiger partial charge in [-0.3, -0.25) is 9.59 Å². The van der Waals surface area contributed by atoms with Crippen molar-refractivity contribution in [3.05, 3.63) is 94.0 Å². The maximum Gasteiger partial charge on any atom is 0.150 e. The van der Waals surface area contributed by atoms with Crippen LogP contribution in [0.15, 0.2) is 60.7 Å². The van der Waals surface area contributed by atoms with Crippen LogP contribution in [0.5, 0.6) is 11.5 Å². The second-order valence-electron chi connectivity index (χ2n) is 11.4. The largest absolute Gasteiger partial charge is 0.493 e. The molecule has 0 fully saturated rings. The summed E-state index contributed by atoms with van der Waals surface area (Å²) in [6.45, 7) is 5.80. The lowest BCUT2D eigenvalue weighted by atomic mass is 10.0. The number of hydrogen-bond acceptors (Lipinski definition) is 4. The fraction of sp³-hybridized carbons (Fsp3) is 0.400. The summed E-state index contributed by atoms with van der Waals surface area (Å²) in [6.07, 6.45) is 24.4. The molecule has 0 aromatic heterocycles. The van der Waals surface area contributed by atoms with Gasteiger partial charge in [-0.1, -0.05) is 151 Å². The second kappa shape index (κ2) is 20.9. The van der Waals surface area contributed by atoms with Gasteiger partial charge in [0, 0.05) is 22.3 Å². The zero-order valence-corrected chi connectivity index (χ0v) is 26.8. The van der Waals surface area contributed by atoms with Gasteiger partial charge in [-0.15, -0.1) is 0 Å². The van der Waals surface area contributed by atoms with Crippen molar-refractivity contribution in [3.8, 4) is 11.5 Å². The lowest BCUT2D eigenvalue weighted by Gasteiger charge is -2.15. The maximum atomic E-state index is 11.1. The molecule has 0 unspecified atom stereocenters. The normalized spacial score (nSPS) is 11.3. The van der Waals surface area contributed by atoms with Crippen molar-refractivity contribution in [1.82, 2.24) is 0 Å². The fourth-order valence-electron chi connectivity index (χ4n) is 4.97. The molecule has 0 heterocycles. The standard InChI is InChI=1S/C40H50O4/c1-3-5-7-9-11-13-27-43-39-29-38(26-24-34-17-21-36(32-42)22-18-34)40(44-28-14-12-10-8-6-4-2)30-37(39)25-23-33-15-19-35(31-41)20-16-33/h15-26,29-32H,3-14,27-28H2,1-2H3. The lowest BCUT2D eigenvalue weighted by Crippen LogP contribution is -2.03. The topological polar surface area (TPSA) is 52.6 Å². The molecule has 0 amide bonds. The monoisotopic (exact) mass is 594 g/mol. The third-order valence-electron chi connectivity index (χ3n) is 7.71. The van der Waals surface area contributed by atoms with E-state index in [2.05, 4.69) is 38.1 Å². The molecule has 0 radical (unpaired) electrons. The fourth-order valence-corrected chi connectivity index (χ4v) is 4.97. The van der Waals surface area contributed by atoms with Crippen LogP contribution in [0.1, 0.15) is 134 Å². The number of hydrogen-bond donors (Lipinski definition) is 0. The van der Waals surface area contributed by atoms with E-state index in [-0.39, 0.29) is 0 Å². The molecule has 0 bridgehead atoms. The third kappa shape index (κ3) is 12.8. The maximum absolute atomic E-state index is 11.1. The molecular formula is C40H50O4. The van der Waals surface area contributed by atoms with E-state index < -0.39 is 0 Å². The molecule has 0 aliphatic carbocycles. The van der Waals surface area contributed by atoms with Crippen LogP contribution in [0, 0.1) is 0 Å². The average molecular weight is 595 g/mol. The van der Waals surface area contributed by atoms with Crippen LogP contribution in [-0.2, 0) is 0 Å². The molecule has 0 aliphatic rings. The summed E-state index contributed by atoms with van der Waals surface area (Å²) >= 11 is 0. The molecule has 0 saturated heterocycles. The van der Waals surface area contributed by atoms with Crippen LogP contribution in [0.3, 0.4) is 0 Å². The summed E-state index contributed by atoms with van der Waals surface area (Å²) in [5, 5.41) is 0. The minimum Gasteiger partial charge on any atom is -0.493 e. The van der Waals surface area contributed by atoms with Gasteiger partial charge in [-0.2, -0.15) is 0 Å². The van der Waals surface area contributed by atoms with Crippen LogP contribution in [0.4, 0.5) is 0 Å². The molecule has 0 spiro atoms. The number of ether oxygens (including phenoxy) is 2. The molecule has 0 saturated carbocycles. The van der Waals surface area contributed by atoms with Crippen molar-refractivity contribution >= 4 is 36.9 Å². The van der Waals surface area contributed by atoms with Crippen molar-refractivity contribution in [2.24, 2.45) is 0 Å². The van der Waals surface area contributed by atoms with E-state index in [0.717, 1.165) is 72.0 Å². The summed E-state index contributed by atoms with van der Waals surface area (Å²) in [5.74, 6) is 1.64. The van der Waals surface area contributed by atoms with E-state index in [1.54, 1.807) is 0 Å². The molecule has 4 heteroatoms. The van der Waals surface area contributed by atoms with E-state index in [0.29, 0.717) is 24.3 Å². The highest BCUT2D eigenvalue weighted by atomic mass is 16.5. The van der Waals surface area contributed by atoms with E-state index in [1.165, 1.54) is 51.4 Å². The number of unbranched alkanes of at least 4 members (excludes halogenated alkanes) is 10. The molecule has 3 aromatic carbocycles. The van der Waals surface area contributed by atoms with E-state index in [1.807, 2.05) is 60.7 Å². The quantitative estimate of drug-likeness (QED) is 0.0659. The molecule has 0 aliphatic heterocycles. The molecule has 4 nitrogen and oxygen atoms in total. The first-order chi connectivity index (χ1) is 21.7. The Kier molecular flexibility index (Phi) is 16.4. The Labute approximate surface area is 265 Å². The first kappa shape index (κ1) is 34.6. The van der Waals surface area contributed by atoms with Gasteiger partial charge in [0.15, 0.2) is 0 Å². The highest BCUT2D eigenvalue weighted by molar-refractivity contribution is 5.81. The SMILES string of the molecule is CCCCCCCCOc1cc(C=Cc2ccc(C=O)cc2)c(OCCCCCCCC)cc1C=Cc1ccc(C=O)cc1. The van der Waals surface area contributed by atoms with Crippen molar-refractivity contribution in [2.75, 3.05) is 13.2 Å². The second-order valence-corrected chi connectivity index (χ2v) is 11.4. The first-order valence-corrected chi connectivity index (χ1v) is 16.6. The predicted octanol–water partition coefficient (Wildman–Crippen LogP) is 11.1. The van der Waals surface area contributed by atoms with Crippen LogP contribution in [-0.4, -0.2) is 25.8 Å². The first-order valence-electron chi connectivity index (χ1n) is 16.6. The molecule has 234 valence electrons. The summed E-state index contributed by atoms with van der Waals surface area (Å²) in [7, 11) is 0. The Bertz CT molecular complexity index is 1200. The Morgan fingerprint density at radius 2 is 0.795 bits per heavy atom. The molecule has 3 rings (SSSR count). The molecule has 0 N–H and O–H groups in total. The highest BCUT2D eigenvalue weighted by Gasteiger charge is 2.11. The average Bonchev–Trinajstić information content (AvgIpc) is 3.06. The zero-order valence-electron chi connectivity index (χ0n) is 26.8. The van der Waals surface area contributed by atoms with Crippen LogP contribution < -0.4 is 9.47 Å². The van der Waals surface area contributed by atoms with Crippen molar-refractivity contribution in [2.45, 2.75) is 90.9 Å². The van der Waals surface area contributed by atoms with E-state index >= 15 is 0 Å². The molecular weight excluding hydrogens is 544 g/mol. The Balaban J connectivity index is 1.86. The predicted molar refractivity (Wildman–Crippen MR) is 186 cm³/mol. The number of aldehydes is 2. The minimum absolute atomic E-state index is 0.660. The summed E-state index contributed by atoms with van der Waals surface area (Å²) in [6, 6.07) is 19.2. The third-order valence-corrected chi connectivity index (χ3v) is 7.71.